The lowest BCUT2D eigenvalue weighted by Gasteiger charge is -2.12. The van der Waals surface area contributed by atoms with Crippen LogP contribution in [0.4, 0.5) is 0 Å². The van der Waals surface area contributed by atoms with Gasteiger partial charge in [-0.15, -0.1) is 6.42 Å². The van der Waals surface area contributed by atoms with Crippen LogP contribution in [0, 0.1) is 19.3 Å². The molecule has 10 heteroatoms. The minimum atomic E-state index is -0.318. The Bertz CT molecular complexity index is 1520. The highest BCUT2D eigenvalue weighted by atomic mass is 35.5. The van der Waals surface area contributed by atoms with Crippen LogP contribution in [0.3, 0.4) is 0 Å². The number of pyridine rings is 1. The summed E-state index contributed by atoms with van der Waals surface area (Å²) >= 11 is 6.70. The zero-order valence-corrected chi connectivity index (χ0v) is 21.2. The number of terminal acetylenes is 1. The molecule has 0 aliphatic heterocycles. The smallest absolute Gasteiger partial charge is 0.258 e. The highest BCUT2D eigenvalue weighted by Gasteiger charge is 2.41. The molecule has 4 aromatic rings. The van der Waals surface area contributed by atoms with Crippen LogP contribution in [0.5, 0.6) is 11.6 Å². The first kappa shape index (κ1) is 24.5. The lowest BCUT2D eigenvalue weighted by atomic mass is 10.2. The number of nitrogens with zero attached hydrogens (tertiary/aromatic N) is 5. The normalized spacial score (nSPS) is 13.7. The van der Waals surface area contributed by atoms with Crippen molar-refractivity contribution in [3.05, 3.63) is 59.1 Å². The Morgan fingerprint density at radius 3 is 2.81 bits per heavy atom. The van der Waals surface area contributed by atoms with Crippen LogP contribution in [0.25, 0.3) is 22.6 Å². The van der Waals surface area contributed by atoms with Crippen molar-refractivity contribution in [3.63, 3.8) is 0 Å². The van der Waals surface area contributed by atoms with E-state index in [-0.39, 0.29) is 24.7 Å². The van der Waals surface area contributed by atoms with Gasteiger partial charge >= 0.3 is 0 Å². The van der Waals surface area contributed by atoms with Gasteiger partial charge in [-0.3, -0.25) is 9.78 Å². The summed E-state index contributed by atoms with van der Waals surface area (Å²) in [5.41, 5.74) is 3.56. The monoisotopic (exact) mass is 516 g/mol. The number of aromatic nitrogens is 5. The highest BCUT2D eigenvalue weighted by molar-refractivity contribution is 6.33. The molecule has 1 aromatic carbocycles. The Morgan fingerprint density at radius 2 is 2.08 bits per heavy atom. The number of nitrogens with one attached hydrogen (secondary N) is 1. The molecule has 1 aliphatic rings. The van der Waals surface area contributed by atoms with Gasteiger partial charge in [0.25, 0.3) is 5.91 Å². The molecule has 0 atom stereocenters. The molecule has 0 saturated heterocycles. The molecule has 3 heterocycles. The van der Waals surface area contributed by atoms with E-state index in [1.807, 2.05) is 23.6 Å². The van der Waals surface area contributed by atoms with Crippen molar-refractivity contribution in [2.24, 2.45) is 0 Å². The zero-order chi connectivity index (χ0) is 26.0. The molecule has 9 nitrogen and oxygen atoms in total. The quantitative estimate of drug-likeness (QED) is 0.336. The summed E-state index contributed by atoms with van der Waals surface area (Å²) in [6.45, 7) is 4.46. The maximum atomic E-state index is 11.8. The molecule has 0 spiro atoms. The minimum absolute atomic E-state index is 0.141. The summed E-state index contributed by atoms with van der Waals surface area (Å²) in [5.74, 6) is 3.50. The number of carbonyl (C=O) groups excluding carboxylic acids is 1. The molecule has 1 amide bonds. The fourth-order valence-electron chi connectivity index (χ4n) is 3.82. The van der Waals surface area contributed by atoms with Gasteiger partial charge in [0.2, 0.25) is 5.88 Å². The van der Waals surface area contributed by atoms with Crippen molar-refractivity contribution in [1.82, 2.24) is 29.8 Å². The number of hydrogen-bond acceptors (Lipinski definition) is 7. The van der Waals surface area contributed by atoms with Crippen LogP contribution >= 0.6 is 11.6 Å². The predicted octanol–water partition coefficient (Wildman–Crippen LogP) is 3.96. The first-order valence-electron chi connectivity index (χ1n) is 11.8. The average Bonchev–Trinajstić information content (AvgIpc) is 3.49. The van der Waals surface area contributed by atoms with E-state index < -0.39 is 0 Å². The summed E-state index contributed by atoms with van der Waals surface area (Å²) in [6.07, 6.45) is 10.4. The molecular formula is C27H25ClN6O3. The molecule has 1 fully saturated rings. The van der Waals surface area contributed by atoms with Crippen LogP contribution in [-0.4, -0.2) is 49.2 Å². The standard InChI is InChI=1S/C27H25ClN6O3/c1-4-10-30-22(35)15-36-19-5-6-20(21(28)13-19)24-33-23-25(31-16-32-26(23)37-27(3)8-9-27)34(24)14-18-12-17(2)7-11-29-18/h1,5-7,11-13,16H,8-10,14-15H2,2-3H3,(H,30,35). The fraction of sp³-hybridized carbons (Fsp3) is 0.296. The van der Waals surface area contributed by atoms with Gasteiger partial charge in [0.1, 0.15) is 23.5 Å². The van der Waals surface area contributed by atoms with Crippen molar-refractivity contribution in [2.75, 3.05) is 13.2 Å². The fourth-order valence-corrected chi connectivity index (χ4v) is 4.08. The van der Waals surface area contributed by atoms with Crippen molar-refractivity contribution in [2.45, 2.75) is 38.8 Å². The van der Waals surface area contributed by atoms with Crippen LogP contribution in [0.1, 0.15) is 31.0 Å². The number of ether oxygens (including phenoxy) is 2. The van der Waals surface area contributed by atoms with E-state index in [2.05, 4.69) is 33.1 Å². The van der Waals surface area contributed by atoms with E-state index in [1.54, 1.807) is 24.4 Å². The van der Waals surface area contributed by atoms with Crippen molar-refractivity contribution < 1.29 is 14.3 Å². The molecule has 1 N–H and O–H groups in total. The molecule has 3 aromatic heterocycles. The maximum Gasteiger partial charge on any atom is 0.258 e. The lowest BCUT2D eigenvalue weighted by Crippen LogP contribution is -2.29. The van der Waals surface area contributed by atoms with Crippen molar-refractivity contribution in [1.29, 1.82) is 0 Å². The third kappa shape index (κ3) is 5.49. The highest BCUT2D eigenvalue weighted by Crippen LogP contribution is 2.41. The molecule has 0 bridgehead atoms. The van der Waals surface area contributed by atoms with Gasteiger partial charge in [-0.25, -0.2) is 9.97 Å². The summed E-state index contributed by atoms with van der Waals surface area (Å²) in [7, 11) is 0. The zero-order valence-electron chi connectivity index (χ0n) is 20.5. The Kier molecular flexibility index (Phi) is 6.68. The third-order valence-electron chi connectivity index (χ3n) is 6.03. The molecule has 0 unspecified atom stereocenters. The maximum absolute atomic E-state index is 11.8. The SMILES string of the molecule is C#CCNC(=O)COc1ccc(-c2nc3c(OC4(C)CC4)ncnc3n2Cc2cc(C)ccn2)c(Cl)c1. The predicted molar refractivity (Wildman–Crippen MR) is 139 cm³/mol. The van der Waals surface area contributed by atoms with Gasteiger partial charge < -0.3 is 19.4 Å². The number of carbonyl (C=O) groups is 1. The molecule has 0 radical (unpaired) electrons. The van der Waals surface area contributed by atoms with E-state index in [4.69, 9.17) is 32.5 Å². The molecule has 37 heavy (non-hydrogen) atoms. The summed E-state index contributed by atoms with van der Waals surface area (Å²) in [5, 5.41) is 2.96. The van der Waals surface area contributed by atoms with Crippen molar-refractivity contribution >= 4 is 28.7 Å². The molecule has 5 rings (SSSR count). The number of amides is 1. The lowest BCUT2D eigenvalue weighted by molar-refractivity contribution is -0.122. The van der Waals surface area contributed by atoms with Gasteiger partial charge in [0, 0.05) is 11.8 Å². The van der Waals surface area contributed by atoms with Gasteiger partial charge in [-0.1, -0.05) is 17.5 Å². The Balaban J connectivity index is 1.52. The number of aryl methyl sites for hydroxylation is 1. The van der Waals surface area contributed by atoms with Gasteiger partial charge in [0.05, 0.1) is 23.8 Å². The summed E-state index contributed by atoms with van der Waals surface area (Å²) in [6, 6.07) is 9.15. The summed E-state index contributed by atoms with van der Waals surface area (Å²) < 4.78 is 13.7. The molecule has 188 valence electrons. The Labute approximate surface area is 219 Å². The van der Waals surface area contributed by atoms with Gasteiger partial charge in [0.15, 0.2) is 17.8 Å². The molecule has 1 aliphatic carbocycles. The van der Waals surface area contributed by atoms with E-state index in [9.17, 15) is 4.79 Å². The van der Waals surface area contributed by atoms with E-state index in [1.165, 1.54) is 6.33 Å². The second-order valence-electron chi connectivity index (χ2n) is 9.16. The Hall–Kier alpha value is -4.16. The van der Waals surface area contributed by atoms with Gasteiger partial charge in [-0.2, -0.15) is 4.98 Å². The number of halogens is 1. The second-order valence-corrected chi connectivity index (χ2v) is 9.57. The van der Waals surface area contributed by atoms with E-state index in [0.717, 1.165) is 24.1 Å². The number of imidazole rings is 1. The van der Waals surface area contributed by atoms with E-state index >= 15 is 0 Å². The first-order valence-corrected chi connectivity index (χ1v) is 12.2. The summed E-state index contributed by atoms with van der Waals surface area (Å²) in [4.78, 5) is 30.1. The van der Waals surface area contributed by atoms with E-state index in [0.29, 0.717) is 45.7 Å². The number of rotatable bonds is 9. The van der Waals surface area contributed by atoms with Crippen LogP contribution < -0.4 is 14.8 Å². The third-order valence-corrected chi connectivity index (χ3v) is 6.34. The number of hydrogen-bond donors (Lipinski definition) is 1. The second kappa shape index (κ2) is 10.1. The average molecular weight is 517 g/mol. The van der Waals surface area contributed by atoms with Crippen LogP contribution in [-0.2, 0) is 11.3 Å². The molecular weight excluding hydrogens is 492 g/mol. The first-order chi connectivity index (χ1) is 17.8. The largest absolute Gasteiger partial charge is 0.484 e. The molecule has 1 saturated carbocycles. The van der Waals surface area contributed by atoms with Crippen molar-refractivity contribution in [3.8, 4) is 35.4 Å². The number of fused-ring (bicyclic) bond motifs is 1. The minimum Gasteiger partial charge on any atom is -0.484 e. The van der Waals surface area contributed by atoms with Crippen LogP contribution in [0.2, 0.25) is 5.02 Å². The van der Waals surface area contributed by atoms with Gasteiger partial charge in [-0.05, 0) is 62.6 Å². The number of benzene rings is 1. The van der Waals surface area contributed by atoms with Crippen LogP contribution in [0.15, 0.2) is 42.9 Å². The Morgan fingerprint density at radius 1 is 1.24 bits per heavy atom. The topological polar surface area (TPSA) is 104 Å².